The Morgan fingerprint density at radius 2 is 1.70 bits per heavy atom. The van der Waals surface area contributed by atoms with E-state index in [1.807, 2.05) is 42.5 Å². The number of carbonyl (C=O) groups excluding carboxylic acids is 2. The molecule has 1 saturated carbocycles. The molecule has 1 unspecified atom stereocenters. The molecule has 7 nitrogen and oxygen atoms in total. The van der Waals surface area contributed by atoms with Gasteiger partial charge < -0.3 is 9.88 Å². The molecule has 50 heavy (non-hydrogen) atoms. The van der Waals surface area contributed by atoms with Crippen molar-refractivity contribution in [3.05, 3.63) is 131 Å². The molecule has 256 valence electrons. The van der Waals surface area contributed by atoms with Crippen LogP contribution in [0, 0.1) is 5.92 Å². The van der Waals surface area contributed by atoms with Crippen molar-refractivity contribution in [3.63, 3.8) is 0 Å². The molecule has 7 rings (SSSR count). The first kappa shape index (κ1) is 34.2. The molecule has 1 fully saturated rings. The zero-order valence-corrected chi connectivity index (χ0v) is 30.1. The Morgan fingerprint density at radius 3 is 2.44 bits per heavy atom. The van der Waals surface area contributed by atoms with Crippen molar-refractivity contribution in [3.8, 4) is 0 Å². The Labute approximate surface area is 301 Å². The molecule has 2 N–H and O–H groups in total. The number of nitrogens with one attached hydrogen (secondary N) is 2. The summed E-state index contributed by atoms with van der Waals surface area (Å²) >= 11 is 8.87. The van der Waals surface area contributed by atoms with E-state index in [4.69, 9.17) is 11.6 Å². The fourth-order valence-electron chi connectivity index (χ4n) is 6.76. The lowest BCUT2D eigenvalue weighted by Gasteiger charge is -2.26. The van der Waals surface area contributed by atoms with Crippen LogP contribution >= 0.6 is 23.4 Å². The number of benzene rings is 4. The maximum Gasteiger partial charge on any atom is 0.264 e. The zero-order valence-electron chi connectivity index (χ0n) is 27.7. The SMILES string of the molecule is CC1(S(=O)(=O)NC(=O)c2ccc(Cn3c(CSc4ccc5ccccc5c4)c(Cl)c4cc(NC(=O)C5CCCC5)ccc43)cc2)C=CC=CC1. The van der Waals surface area contributed by atoms with Crippen LogP contribution in [0.4, 0.5) is 5.69 Å². The molecule has 10 heteroatoms. The number of hydrogen-bond donors (Lipinski definition) is 2. The van der Waals surface area contributed by atoms with Gasteiger partial charge in [-0.2, -0.15) is 0 Å². The molecule has 0 spiro atoms. The maximum absolute atomic E-state index is 13.1. The minimum atomic E-state index is -3.96. The summed E-state index contributed by atoms with van der Waals surface area (Å²) in [6.07, 6.45) is 11.2. The molecule has 0 saturated heterocycles. The number of sulfonamides is 1. The average molecular weight is 724 g/mol. The largest absolute Gasteiger partial charge is 0.338 e. The van der Waals surface area contributed by atoms with Gasteiger partial charge in [-0.25, -0.2) is 13.1 Å². The third kappa shape index (κ3) is 6.99. The number of hydrogen-bond acceptors (Lipinski definition) is 5. The fourth-order valence-corrected chi connectivity index (χ4v) is 9.30. The standard InChI is InChI=1S/C40H38ClN3O4S2/c1-40(21-7-2-8-22-40)50(47,48)43-39(46)30-15-13-27(14-16-30)25-44-35-20-18-32(42-38(45)29-10-4-5-11-29)24-34(35)37(41)36(44)26-49-33-19-17-28-9-3-6-12-31(28)23-33/h2-3,6-9,12-21,23-24,29H,4-5,10-11,22,25-26H2,1H3,(H,42,45)(H,43,46). The van der Waals surface area contributed by atoms with Crippen molar-refractivity contribution in [1.29, 1.82) is 0 Å². The highest BCUT2D eigenvalue weighted by molar-refractivity contribution is 7.98. The van der Waals surface area contributed by atoms with Crippen molar-refractivity contribution >= 4 is 72.6 Å². The highest BCUT2D eigenvalue weighted by Gasteiger charge is 2.38. The minimum Gasteiger partial charge on any atom is -0.338 e. The van der Waals surface area contributed by atoms with Gasteiger partial charge in [0, 0.05) is 45.4 Å². The molecular weight excluding hydrogens is 686 g/mol. The number of halogens is 1. The Kier molecular flexibility index (Phi) is 9.65. The molecule has 2 aliphatic rings. The molecule has 0 aliphatic heterocycles. The van der Waals surface area contributed by atoms with Gasteiger partial charge in [-0.1, -0.05) is 91.2 Å². The first-order chi connectivity index (χ1) is 24.1. The summed E-state index contributed by atoms with van der Waals surface area (Å²) in [7, 11) is -3.96. The van der Waals surface area contributed by atoms with Gasteiger partial charge in [-0.15, -0.1) is 11.8 Å². The Morgan fingerprint density at radius 1 is 0.940 bits per heavy atom. The molecule has 1 atom stereocenters. The second kappa shape index (κ2) is 14.1. The summed E-state index contributed by atoms with van der Waals surface area (Å²) < 4.78 is 29.4. The number of carbonyl (C=O) groups is 2. The van der Waals surface area contributed by atoms with E-state index in [0.29, 0.717) is 17.3 Å². The van der Waals surface area contributed by atoms with Crippen molar-refractivity contribution in [1.82, 2.24) is 9.29 Å². The van der Waals surface area contributed by atoms with Crippen molar-refractivity contribution in [2.75, 3.05) is 5.32 Å². The van der Waals surface area contributed by atoms with Crippen LogP contribution in [-0.2, 0) is 27.1 Å². The van der Waals surface area contributed by atoms with Crippen LogP contribution in [0.25, 0.3) is 21.7 Å². The molecule has 1 aromatic heterocycles. The summed E-state index contributed by atoms with van der Waals surface area (Å²) in [5.41, 5.74) is 3.76. The lowest BCUT2D eigenvalue weighted by molar-refractivity contribution is -0.119. The number of thioether (sulfide) groups is 1. The van der Waals surface area contributed by atoms with E-state index >= 15 is 0 Å². The second-order valence-corrected chi connectivity index (χ2v) is 16.9. The first-order valence-electron chi connectivity index (χ1n) is 16.8. The van der Waals surface area contributed by atoms with E-state index in [2.05, 4.69) is 44.9 Å². The van der Waals surface area contributed by atoms with Crippen molar-refractivity contribution in [2.45, 2.75) is 61.0 Å². The van der Waals surface area contributed by atoms with Crippen LogP contribution in [0.3, 0.4) is 0 Å². The lowest BCUT2D eigenvalue weighted by atomic mass is 10.0. The number of rotatable bonds is 10. The van der Waals surface area contributed by atoms with Gasteiger partial charge in [0.05, 0.1) is 10.5 Å². The van der Waals surface area contributed by atoms with E-state index in [1.54, 1.807) is 55.1 Å². The first-order valence-corrected chi connectivity index (χ1v) is 19.7. The van der Waals surface area contributed by atoms with Gasteiger partial charge in [-0.3, -0.25) is 9.59 Å². The third-order valence-corrected chi connectivity index (χ3v) is 13.2. The summed E-state index contributed by atoms with van der Waals surface area (Å²) in [6.45, 7) is 2.07. The quantitative estimate of drug-likeness (QED) is 0.140. The molecule has 0 radical (unpaired) electrons. The van der Waals surface area contributed by atoms with E-state index < -0.39 is 20.7 Å². The minimum absolute atomic E-state index is 0.0502. The molecular formula is C40H38ClN3O4S2. The van der Waals surface area contributed by atoms with Gasteiger partial charge in [0.15, 0.2) is 0 Å². The highest BCUT2D eigenvalue weighted by Crippen LogP contribution is 2.38. The number of nitrogens with zero attached hydrogens (tertiary/aromatic N) is 1. The molecule has 4 aromatic carbocycles. The van der Waals surface area contributed by atoms with Crippen LogP contribution in [-0.4, -0.2) is 29.5 Å². The zero-order chi connectivity index (χ0) is 34.9. The second-order valence-electron chi connectivity index (χ2n) is 13.3. The third-order valence-electron chi connectivity index (χ3n) is 9.81. The Bertz CT molecular complexity index is 2270. The normalized spacial score (nSPS) is 17.8. The average Bonchev–Trinajstić information content (AvgIpc) is 3.75. The predicted molar refractivity (Wildman–Crippen MR) is 204 cm³/mol. The Hall–Kier alpha value is -4.31. The Balaban J connectivity index is 1.15. The summed E-state index contributed by atoms with van der Waals surface area (Å²) in [5.74, 6) is 0.0442. The molecule has 0 bridgehead atoms. The van der Waals surface area contributed by atoms with Crippen LogP contribution in [0.15, 0.2) is 114 Å². The number of fused-ring (bicyclic) bond motifs is 2. The summed E-state index contributed by atoms with van der Waals surface area (Å²) in [6, 6.07) is 27.5. The van der Waals surface area contributed by atoms with Gasteiger partial charge in [-0.05, 0) is 85.0 Å². The molecule has 1 heterocycles. The molecule has 2 amide bonds. The van der Waals surface area contributed by atoms with Crippen molar-refractivity contribution in [2.24, 2.45) is 5.92 Å². The number of anilines is 1. The number of allylic oxidation sites excluding steroid dienone is 3. The fraction of sp³-hybridized carbons (Fsp3) is 0.250. The van der Waals surface area contributed by atoms with E-state index in [1.165, 1.54) is 10.8 Å². The lowest BCUT2D eigenvalue weighted by Crippen LogP contribution is -2.45. The topological polar surface area (TPSA) is 97.3 Å². The van der Waals surface area contributed by atoms with E-state index in [-0.39, 0.29) is 23.8 Å². The van der Waals surface area contributed by atoms with Gasteiger partial charge in [0.2, 0.25) is 15.9 Å². The predicted octanol–water partition coefficient (Wildman–Crippen LogP) is 9.25. The monoisotopic (exact) mass is 723 g/mol. The van der Waals surface area contributed by atoms with Crippen LogP contribution in [0.2, 0.25) is 5.02 Å². The van der Waals surface area contributed by atoms with Crippen LogP contribution in [0.5, 0.6) is 0 Å². The summed E-state index contributed by atoms with van der Waals surface area (Å²) in [5, 5.41) is 6.95. The van der Waals surface area contributed by atoms with E-state index in [0.717, 1.165) is 58.4 Å². The molecule has 5 aromatic rings. The van der Waals surface area contributed by atoms with Crippen LogP contribution in [0.1, 0.15) is 60.6 Å². The maximum atomic E-state index is 13.1. The van der Waals surface area contributed by atoms with E-state index in [9.17, 15) is 18.0 Å². The van der Waals surface area contributed by atoms with Gasteiger partial charge >= 0.3 is 0 Å². The highest BCUT2D eigenvalue weighted by atomic mass is 35.5. The van der Waals surface area contributed by atoms with Gasteiger partial charge in [0.25, 0.3) is 5.91 Å². The number of aromatic nitrogens is 1. The van der Waals surface area contributed by atoms with Gasteiger partial charge in [0.1, 0.15) is 4.75 Å². The number of amides is 2. The van der Waals surface area contributed by atoms with Crippen molar-refractivity contribution < 1.29 is 18.0 Å². The smallest absolute Gasteiger partial charge is 0.264 e. The molecule has 2 aliphatic carbocycles. The van der Waals surface area contributed by atoms with Crippen LogP contribution < -0.4 is 10.0 Å². The summed E-state index contributed by atoms with van der Waals surface area (Å²) in [4.78, 5) is 27.1.